The first-order chi connectivity index (χ1) is 13.4. The van der Waals surface area contributed by atoms with E-state index in [2.05, 4.69) is 15.9 Å². The number of ether oxygens (including phenoxy) is 2. The SMILES string of the molecule is C.CC(C)(Oc1ccc(Cl)cc1)C(=O)CBr.CC(C)(Oc1ccc(Cl)cc1)C(=O)O. The number of alkyl halides is 1. The summed E-state index contributed by atoms with van der Waals surface area (Å²) in [7, 11) is 0. The predicted octanol–water partition coefficient (Wildman–Crippen LogP) is 6.68. The van der Waals surface area contributed by atoms with Crippen LogP contribution in [0.5, 0.6) is 11.5 Å². The van der Waals surface area contributed by atoms with E-state index in [1.54, 1.807) is 62.4 Å². The van der Waals surface area contributed by atoms with Crippen LogP contribution in [0.4, 0.5) is 0 Å². The maximum Gasteiger partial charge on any atom is 0.347 e. The zero-order chi connectivity index (χ0) is 22.2. The molecule has 1 N–H and O–H groups in total. The Balaban J connectivity index is 0.000000544. The average Bonchev–Trinajstić information content (AvgIpc) is 2.65. The molecule has 166 valence electrons. The number of rotatable bonds is 7. The molecule has 0 amide bonds. The minimum atomic E-state index is -1.23. The molecule has 0 bridgehead atoms. The van der Waals surface area contributed by atoms with Crippen LogP contribution in [0, 0.1) is 0 Å². The molecule has 2 aromatic rings. The van der Waals surface area contributed by atoms with Crippen LogP contribution in [-0.4, -0.2) is 33.4 Å². The van der Waals surface area contributed by atoms with Gasteiger partial charge in [0.1, 0.15) is 11.5 Å². The molecule has 0 heterocycles. The summed E-state index contributed by atoms with van der Waals surface area (Å²) < 4.78 is 10.8. The van der Waals surface area contributed by atoms with Crippen molar-refractivity contribution in [3.8, 4) is 11.5 Å². The molecule has 0 aliphatic heterocycles. The Bertz CT molecular complexity index is 818. The Morgan fingerprint density at radius 3 is 1.47 bits per heavy atom. The van der Waals surface area contributed by atoms with Crippen LogP contribution >= 0.6 is 39.1 Å². The van der Waals surface area contributed by atoms with Gasteiger partial charge in [0.05, 0.1) is 5.33 Å². The van der Waals surface area contributed by atoms with Crippen LogP contribution in [0.1, 0.15) is 35.1 Å². The zero-order valence-electron chi connectivity index (χ0n) is 16.5. The highest BCUT2D eigenvalue weighted by atomic mass is 79.9. The maximum atomic E-state index is 11.5. The monoisotopic (exact) mass is 520 g/mol. The number of hydrogen-bond acceptors (Lipinski definition) is 4. The molecular weight excluding hydrogens is 495 g/mol. The predicted molar refractivity (Wildman–Crippen MR) is 125 cm³/mol. The lowest BCUT2D eigenvalue weighted by molar-refractivity contribution is -0.152. The van der Waals surface area contributed by atoms with Gasteiger partial charge in [0.25, 0.3) is 0 Å². The van der Waals surface area contributed by atoms with E-state index in [1.165, 1.54) is 13.8 Å². The summed E-state index contributed by atoms with van der Waals surface area (Å²) in [6, 6.07) is 13.5. The second-order valence-electron chi connectivity index (χ2n) is 6.99. The third-order valence-electron chi connectivity index (χ3n) is 3.68. The fourth-order valence-electron chi connectivity index (χ4n) is 1.86. The van der Waals surface area contributed by atoms with Crippen molar-refractivity contribution in [3.63, 3.8) is 0 Å². The van der Waals surface area contributed by atoms with Gasteiger partial charge in [-0.1, -0.05) is 46.6 Å². The van der Waals surface area contributed by atoms with E-state index in [-0.39, 0.29) is 18.5 Å². The molecule has 0 aliphatic rings. The van der Waals surface area contributed by atoms with Crippen molar-refractivity contribution in [3.05, 3.63) is 58.6 Å². The fourth-order valence-corrected chi connectivity index (χ4v) is 2.78. The van der Waals surface area contributed by atoms with Crippen molar-refractivity contribution < 1.29 is 24.2 Å². The summed E-state index contributed by atoms with van der Waals surface area (Å²) in [5.41, 5.74) is -2.05. The summed E-state index contributed by atoms with van der Waals surface area (Å²) in [5, 5.41) is 10.3. The molecule has 30 heavy (non-hydrogen) atoms. The number of hydrogen-bond donors (Lipinski definition) is 1. The summed E-state index contributed by atoms with van der Waals surface area (Å²) in [6.07, 6.45) is 0. The van der Waals surface area contributed by atoms with Crippen molar-refractivity contribution in [2.75, 3.05) is 5.33 Å². The molecule has 0 saturated carbocycles. The van der Waals surface area contributed by atoms with Gasteiger partial charge in [0, 0.05) is 10.0 Å². The molecular formula is C22H27BrCl2O5. The lowest BCUT2D eigenvalue weighted by Gasteiger charge is -2.24. The average molecular weight is 522 g/mol. The minimum Gasteiger partial charge on any atom is -0.480 e. The Morgan fingerprint density at radius 1 is 0.833 bits per heavy atom. The van der Waals surface area contributed by atoms with Crippen molar-refractivity contribution in [2.24, 2.45) is 0 Å². The first-order valence-electron chi connectivity index (χ1n) is 8.59. The zero-order valence-corrected chi connectivity index (χ0v) is 19.6. The molecule has 0 aliphatic carbocycles. The third kappa shape index (κ3) is 9.37. The molecule has 0 unspecified atom stereocenters. The summed E-state index contributed by atoms with van der Waals surface area (Å²) in [5.74, 6) is 0.116. The summed E-state index contributed by atoms with van der Waals surface area (Å²) in [6.45, 7) is 6.46. The number of carbonyl (C=O) groups is 2. The molecule has 2 rings (SSSR count). The highest BCUT2D eigenvalue weighted by Crippen LogP contribution is 2.22. The molecule has 0 fully saturated rings. The molecule has 0 radical (unpaired) electrons. The van der Waals surface area contributed by atoms with E-state index in [0.717, 1.165) is 0 Å². The van der Waals surface area contributed by atoms with E-state index in [4.69, 9.17) is 37.8 Å². The van der Waals surface area contributed by atoms with Crippen LogP contribution in [0.2, 0.25) is 10.0 Å². The van der Waals surface area contributed by atoms with E-state index >= 15 is 0 Å². The molecule has 5 nitrogen and oxygen atoms in total. The van der Waals surface area contributed by atoms with Gasteiger partial charge in [0.15, 0.2) is 17.0 Å². The van der Waals surface area contributed by atoms with Gasteiger partial charge in [-0.15, -0.1) is 0 Å². The molecule has 2 aromatic carbocycles. The van der Waals surface area contributed by atoms with Gasteiger partial charge < -0.3 is 14.6 Å². The lowest BCUT2D eigenvalue weighted by Crippen LogP contribution is -2.39. The largest absolute Gasteiger partial charge is 0.480 e. The van der Waals surface area contributed by atoms with Crippen molar-refractivity contribution in [1.82, 2.24) is 0 Å². The minimum absolute atomic E-state index is 0. The number of carboxylic acids is 1. The molecule has 8 heteroatoms. The molecule has 0 atom stereocenters. The standard InChI is InChI=1S/C11H12BrClO2.C10H11ClO3.CH4/c1-11(2,10(14)7-12)15-9-5-3-8(13)4-6-9;1-10(2,9(12)13)14-8-5-3-7(11)4-6-8;/h3-6H,7H2,1-2H3;3-6H,1-2H3,(H,12,13);1H4. The van der Waals surface area contributed by atoms with Gasteiger partial charge in [0.2, 0.25) is 0 Å². The van der Waals surface area contributed by atoms with Crippen LogP contribution in [0.25, 0.3) is 0 Å². The van der Waals surface area contributed by atoms with Gasteiger partial charge in [-0.2, -0.15) is 0 Å². The highest BCUT2D eigenvalue weighted by molar-refractivity contribution is 9.09. The van der Waals surface area contributed by atoms with Crippen molar-refractivity contribution >= 4 is 50.9 Å². The van der Waals surface area contributed by atoms with Crippen LogP contribution in [0.3, 0.4) is 0 Å². The van der Waals surface area contributed by atoms with Gasteiger partial charge in [-0.25, -0.2) is 4.79 Å². The van der Waals surface area contributed by atoms with Crippen LogP contribution < -0.4 is 9.47 Å². The first-order valence-corrected chi connectivity index (χ1v) is 10.5. The van der Waals surface area contributed by atoms with Gasteiger partial charge in [-0.3, -0.25) is 4.79 Å². The number of ketones is 1. The topological polar surface area (TPSA) is 72.8 Å². The summed E-state index contributed by atoms with van der Waals surface area (Å²) >= 11 is 14.5. The lowest BCUT2D eigenvalue weighted by atomic mass is 10.1. The second kappa shape index (κ2) is 12.2. The number of carbonyl (C=O) groups excluding carboxylic acids is 1. The number of benzene rings is 2. The fraction of sp³-hybridized carbons (Fsp3) is 0.364. The first kappa shape index (κ1) is 28.2. The molecule has 0 saturated heterocycles. The van der Waals surface area contributed by atoms with Crippen LogP contribution in [-0.2, 0) is 9.59 Å². The summed E-state index contributed by atoms with van der Waals surface area (Å²) in [4.78, 5) is 22.2. The Hall–Kier alpha value is -1.76. The Labute approximate surface area is 196 Å². The van der Waals surface area contributed by atoms with Crippen molar-refractivity contribution in [1.29, 1.82) is 0 Å². The number of Topliss-reactive ketones (excluding diaryl/α,β-unsaturated/α-hetero) is 1. The smallest absolute Gasteiger partial charge is 0.347 e. The van der Waals surface area contributed by atoms with E-state index in [9.17, 15) is 9.59 Å². The van der Waals surface area contributed by atoms with E-state index in [1.807, 2.05) is 0 Å². The third-order valence-corrected chi connectivity index (χ3v) is 4.69. The number of halogens is 3. The van der Waals surface area contributed by atoms with E-state index < -0.39 is 17.2 Å². The molecule has 0 aromatic heterocycles. The number of aliphatic carboxylic acids is 1. The van der Waals surface area contributed by atoms with Gasteiger partial charge >= 0.3 is 5.97 Å². The van der Waals surface area contributed by atoms with Crippen LogP contribution in [0.15, 0.2) is 48.5 Å². The Morgan fingerprint density at radius 2 is 1.17 bits per heavy atom. The highest BCUT2D eigenvalue weighted by Gasteiger charge is 2.29. The Kier molecular flexibility index (Phi) is 11.5. The maximum absolute atomic E-state index is 11.5. The normalized spacial score (nSPS) is 10.8. The second-order valence-corrected chi connectivity index (χ2v) is 8.43. The van der Waals surface area contributed by atoms with Crippen molar-refractivity contribution in [2.45, 2.75) is 46.3 Å². The number of carboxylic acid groups (broad SMARTS) is 1. The van der Waals surface area contributed by atoms with Gasteiger partial charge in [-0.05, 0) is 76.2 Å². The molecule has 0 spiro atoms. The van der Waals surface area contributed by atoms with E-state index in [0.29, 0.717) is 21.5 Å². The quantitative estimate of drug-likeness (QED) is 0.411.